The number of rotatable bonds is 6. The highest BCUT2D eigenvalue weighted by Gasteiger charge is 2.56. The number of azide groups is 1. The van der Waals surface area contributed by atoms with E-state index in [1.165, 1.54) is 0 Å². The van der Waals surface area contributed by atoms with E-state index in [1.54, 1.807) is 5.06 Å². The van der Waals surface area contributed by atoms with Crippen LogP contribution in [0.2, 0.25) is 18.1 Å². The van der Waals surface area contributed by atoms with E-state index in [0.29, 0.717) is 6.54 Å². The van der Waals surface area contributed by atoms with Crippen LogP contribution < -0.4 is 0 Å². The van der Waals surface area contributed by atoms with Crippen molar-refractivity contribution in [1.29, 1.82) is 0 Å². The zero-order valence-corrected chi connectivity index (χ0v) is 21.2. The molecule has 2 aliphatic heterocycles. The molecular formula is C23H36N4O4Si. The fraction of sp³-hybridized carbons (Fsp3) is 0.696. The summed E-state index contributed by atoms with van der Waals surface area (Å²) in [5.74, 6) is -0.370. The van der Waals surface area contributed by atoms with Gasteiger partial charge in [0.1, 0.15) is 6.04 Å². The van der Waals surface area contributed by atoms with Crippen molar-refractivity contribution in [1.82, 2.24) is 5.06 Å². The first-order valence-electron chi connectivity index (χ1n) is 11.2. The Morgan fingerprint density at radius 1 is 1.28 bits per heavy atom. The van der Waals surface area contributed by atoms with Crippen LogP contribution in [0.1, 0.15) is 40.2 Å². The van der Waals surface area contributed by atoms with E-state index in [9.17, 15) is 4.79 Å². The van der Waals surface area contributed by atoms with Gasteiger partial charge in [-0.25, -0.2) is 0 Å². The first-order chi connectivity index (χ1) is 14.9. The lowest BCUT2D eigenvalue weighted by atomic mass is 9.83. The van der Waals surface area contributed by atoms with E-state index in [2.05, 4.69) is 43.9 Å². The van der Waals surface area contributed by atoms with Crippen molar-refractivity contribution in [3.63, 3.8) is 0 Å². The van der Waals surface area contributed by atoms with Gasteiger partial charge in [0, 0.05) is 4.91 Å². The lowest BCUT2D eigenvalue weighted by Crippen LogP contribution is -2.61. The Balaban J connectivity index is 2.06. The summed E-state index contributed by atoms with van der Waals surface area (Å²) in [6.07, 6.45) is -1.17. The van der Waals surface area contributed by atoms with Gasteiger partial charge >= 0.3 is 0 Å². The molecule has 2 saturated heterocycles. The molecule has 0 aliphatic carbocycles. The largest absolute Gasteiger partial charge is 0.409 e. The number of Topliss-reactive ketones (excluding diaryl/α,β-unsaturated/α-hetero) is 1. The highest BCUT2D eigenvalue weighted by molar-refractivity contribution is 6.74. The Labute approximate surface area is 191 Å². The van der Waals surface area contributed by atoms with Crippen molar-refractivity contribution in [2.45, 2.75) is 83.1 Å². The number of ether oxygens (including phenoxy) is 1. The van der Waals surface area contributed by atoms with Crippen LogP contribution in [0.3, 0.4) is 0 Å². The van der Waals surface area contributed by atoms with Crippen molar-refractivity contribution in [2.75, 3.05) is 13.2 Å². The Morgan fingerprint density at radius 3 is 2.53 bits per heavy atom. The molecule has 176 valence electrons. The molecule has 2 fully saturated rings. The number of benzene rings is 1. The van der Waals surface area contributed by atoms with Crippen LogP contribution >= 0.6 is 0 Å². The second-order valence-electron chi connectivity index (χ2n) is 10.8. The van der Waals surface area contributed by atoms with Crippen molar-refractivity contribution < 1.29 is 18.8 Å². The van der Waals surface area contributed by atoms with E-state index in [1.807, 2.05) is 44.2 Å². The van der Waals surface area contributed by atoms with Gasteiger partial charge in [-0.1, -0.05) is 56.2 Å². The van der Waals surface area contributed by atoms with Crippen LogP contribution in [0.15, 0.2) is 35.4 Å². The summed E-state index contributed by atoms with van der Waals surface area (Å²) in [5.41, 5.74) is 9.27. The zero-order chi connectivity index (χ0) is 23.7. The smallest absolute Gasteiger partial charge is 0.192 e. The van der Waals surface area contributed by atoms with E-state index in [-0.39, 0.29) is 24.0 Å². The van der Waals surface area contributed by atoms with Crippen molar-refractivity contribution in [2.24, 2.45) is 11.0 Å². The van der Waals surface area contributed by atoms with Gasteiger partial charge < -0.3 is 9.16 Å². The Morgan fingerprint density at radius 2 is 1.94 bits per heavy atom. The second-order valence-corrected chi connectivity index (χ2v) is 15.5. The van der Waals surface area contributed by atoms with Crippen LogP contribution in [0.25, 0.3) is 10.4 Å². The number of nitrogens with zero attached hydrogens (tertiary/aromatic N) is 4. The van der Waals surface area contributed by atoms with Gasteiger partial charge in [-0.2, -0.15) is 5.06 Å². The third kappa shape index (κ3) is 5.08. The molecule has 0 N–H and O–H groups in total. The minimum Gasteiger partial charge on any atom is -0.409 e. The maximum atomic E-state index is 13.8. The van der Waals surface area contributed by atoms with Gasteiger partial charge in [-0.3, -0.25) is 9.63 Å². The topological polar surface area (TPSA) is 96.8 Å². The third-order valence-corrected chi connectivity index (χ3v) is 11.5. The van der Waals surface area contributed by atoms with Crippen LogP contribution in [0.4, 0.5) is 0 Å². The van der Waals surface area contributed by atoms with E-state index >= 15 is 0 Å². The average molecular weight is 461 g/mol. The molecule has 0 saturated carbocycles. The third-order valence-electron chi connectivity index (χ3n) is 7.07. The molecule has 2 bridgehead atoms. The zero-order valence-electron chi connectivity index (χ0n) is 20.2. The standard InChI is InChI=1S/C23H36N4O4Si/c1-22(2,3)32(6,7)31-21-18(13-25-26-24)30-23(4,5)17-15-29-27(19(21)20(17)28)14-16-11-9-8-10-12-16/h8-12,17-19,21H,13-15H2,1-7H3/t17-,18+,19-,21+/m1/s1. The molecule has 1 aromatic carbocycles. The molecule has 0 radical (unpaired) electrons. The Hall–Kier alpha value is -1.74. The van der Waals surface area contributed by atoms with Crippen LogP contribution in [-0.2, 0) is 25.3 Å². The van der Waals surface area contributed by atoms with Crippen LogP contribution in [0, 0.1) is 5.92 Å². The summed E-state index contributed by atoms with van der Waals surface area (Å²) in [6, 6.07) is 9.28. The summed E-state index contributed by atoms with van der Waals surface area (Å²) in [5, 5.41) is 5.49. The number of hydroxylamine groups is 2. The minimum atomic E-state index is -2.30. The second kappa shape index (κ2) is 9.25. The molecular weight excluding hydrogens is 424 g/mol. The Kier molecular flexibility index (Phi) is 7.19. The maximum Gasteiger partial charge on any atom is 0.192 e. The van der Waals surface area contributed by atoms with E-state index < -0.39 is 38.1 Å². The predicted octanol–water partition coefficient (Wildman–Crippen LogP) is 4.87. The van der Waals surface area contributed by atoms with Crippen LogP contribution in [-0.4, -0.2) is 56.2 Å². The van der Waals surface area contributed by atoms with E-state index in [0.717, 1.165) is 5.56 Å². The summed E-state index contributed by atoms with van der Waals surface area (Å²) in [6.45, 7) is 15.4. The molecule has 0 spiro atoms. The normalized spacial score (nSPS) is 28.7. The molecule has 8 nitrogen and oxygen atoms in total. The fourth-order valence-electron chi connectivity index (χ4n) is 4.12. The molecule has 0 amide bonds. The number of hydrogen-bond donors (Lipinski definition) is 0. The summed E-state index contributed by atoms with van der Waals surface area (Å²) in [4.78, 5) is 23.0. The predicted molar refractivity (Wildman–Crippen MR) is 125 cm³/mol. The van der Waals surface area contributed by atoms with Gasteiger partial charge in [-0.15, -0.1) is 0 Å². The SMILES string of the molecule is CC1(C)O[C@@H](CN=[N+]=[N-])[C@H](O[Si](C)(C)C(C)(C)C)[C@H]2C(=O)[C@H]1CON2Cc1ccccc1. The molecule has 32 heavy (non-hydrogen) atoms. The molecule has 9 heteroatoms. The summed E-state index contributed by atoms with van der Waals surface area (Å²) in [7, 11) is -2.30. The quantitative estimate of drug-likeness (QED) is 0.261. The van der Waals surface area contributed by atoms with Gasteiger partial charge in [0.15, 0.2) is 14.1 Å². The van der Waals surface area contributed by atoms with E-state index in [4.69, 9.17) is 19.5 Å². The first kappa shape index (κ1) is 24.9. The maximum absolute atomic E-state index is 13.8. The number of fused-ring (bicyclic) bond motifs is 2. The van der Waals surface area contributed by atoms with Crippen LogP contribution in [0.5, 0.6) is 0 Å². The van der Waals surface area contributed by atoms with Gasteiger partial charge in [0.2, 0.25) is 0 Å². The van der Waals surface area contributed by atoms with Gasteiger partial charge in [0.25, 0.3) is 0 Å². The highest BCUT2D eigenvalue weighted by atomic mass is 28.4. The lowest BCUT2D eigenvalue weighted by molar-refractivity contribution is -0.239. The van der Waals surface area contributed by atoms with Crippen molar-refractivity contribution in [3.8, 4) is 0 Å². The molecule has 2 heterocycles. The highest BCUT2D eigenvalue weighted by Crippen LogP contribution is 2.43. The molecule has 4 atom stereocenters. The average Bonchev–Trinajstić information content (AvgIpc) is 2.73. The minimum absolute atomic E-state index is 0.0596. The number of carbonyl (C=O) groups excluding carboxylic acids is 1. The van der Waals surface area contributed by atoms with Crippen molar-refractivity contribution in [3.05, 3.63) is 46.3 Å². The fourth-order valence-corrected chi connectivity index (χ4v) is 5.43. The first-order valence-corrected chi connectivity index (χ1v) is 14.1. The lowest BCUT2D eigenvalue weighted by Gasteiger charge is -2.45. The van der Waals surface area contributed by atoms with Crippen molar-refractivity contribution >= 4 is 14.1 Å². The molecule has 3 rings (SSSR count). The van der Waals surface area contributed by atoms with Gasteiger partial charge in [-0.05, 0) is 43.1 Å². The summed E-state index contributed by atoms with van der Waals surface area (Å²) < 4.78 is 13.3. The molecule has 0 aromatic heterocycles. The van der Waals surface area contributed by atoms with Gasteiger partial charge in [0.05, 0.1) is 43.4 Å². The molecule has 2 aliphatic rings. The number of hydrogen-bond acceptors (Lipinski definition) is 6. The Bertz CT molecular complexity index is 864. The molecule has 0 unspecified atom stereocenters. The monoisotopic (exact) mass is 460 g/mol. The summed E-state index contributed by atoms with van der Waals surface area (Å²) >= 11 is 0. The molecule has 1 aromatic rings. The number of carbonyl (C=O) groups is 1. The number of ketones is 1.